The van der Waals surface area contributed by atoms with Crippen molar-refractivity contribution in [1.82, 2.24) is 4.98 Å². The molecule has 0 aliphatic carbocycles. The molecular formula is C14H23ClN2O. The average molecular weight is 271 g/mol. The Morgan fingerprint density at radius 1 is 1.28 bits per heavy atom. The van der Waals surface area contributed by atoms with Gasteiger partial charge in [0.1, 0.15) is 0 Å². The van der Waals surface area contributed by atoms with Gasteiger partial charge in [0.25, 0.3) is 0 Å². The highest BCUT2D eigenvalue weighted by atomic mass is 35.5. The van der Waals surface area contributed by atoms with E-state index in [1.165, 1.54) is 12.8 Å². The lowest BCUT2D eigenvalue weighted by atomic mass is 10.2. The molecule has 0 saturated carbocycles. The highest BCUT2D eigenvalue weighted by Crippen LogP contribution is 2.20. The predicted octanol–water partition coefficient (Wildman–Crippen LogP) is 4.08. The van der Waals surface area contributed by atoms with Crippen LogP contribution in [0.5, 0.6) is 5.75 Å². The molecule has 1 N–H and O–H groups in total. The van der Waals surface area contributed by atoms with Gasteiger partial charge in [-0.3, -0.25) is 0 Å². The summed E-state index contributed by atoms with van der Waals surface area (Å²) in [7, 11) is 0. The molecule has 0 aliphatic heterocycles. The molecule has 0 spiro atoms. The fraction of sp³-hybridized carbons (Fsp3) is 0.643. The summed E-state index contributed by atoms with van der Waals surface area (Å²) < 4.78 is 5.64. The van der Waals surface area contributed by atoms with Crippen molar-refractivity contribution in [3.63, 3.8) is 0 Å². The van der Waals surface area contributed by atoms with Crippen LogP contribution in [0.15, 0.2) is 18.3 Å². The van der Waals surface area contributed by atoms with E-state index in [0.717, 1.165) is 49.9 Å². The van der Waals surface area contributed by atoms with Crippen molar-refractivity contribution in [3.05, 3.63) is 18.3 Å². The zero-order chi connectivity index (χ0) is 13.1. The van der Waals surface area contributed by atoms with E-state index in [-0.39, 0.29) is 0 Å². The number of aromatic nitrogens is 1. The molecule has 1 heterocycles. The highest BCUT2D eigenvalue weighted by Gasteiger charge is 2.02. The van der Waals surface area contributed by atoms with Crippen molar-refractivity contribution >= 4 is 17.4 Å². The molecule has 1 aromatic heterocycles. The van der Waals surface area contributed by atoms with Gasteiger partial charge in [-0.05, 0) is 31.4 Å². The van der Waals surface area contributed by atoms with Crippen molar-refractivity contribution < 1.29 is 4.74 Å². The standard InChI is InChI=1S/C14H23ClN2O/c1-2-12-18-13-8-7-11-17-14(13)16-10-6-4-3-5-9-15/h7-8,11H,2-6,9-10,12H2,1H3,(H,16,17). The Bertz CT molecular complexity index is 320. The first kappa shape index (κ1) is 15.1. The van der Waals surface area contributed by atoms with Gasteiger partial charge in [0.15, 0.2) is 11.6 Å². The molecule has 4 heteroatoms. The number of nitrogens with one attached hydrogen (secondary N) is 1. The largest absolute Gasteiger partial charge is 0.490 e. The van der Waals surface area contributed by atoms with E-state index < -0.39 is 0 Å². The zero-order valence-electron chi connectivity index (χ0n) is 11.1. The normalized spacial score (nSPS) is 10.3. The SMILES string of the molecule is CCCOc1cccnc1NCCCCCCCl. The summed E-state index contributed by atoms with van der Waals surface area (Å²) >= 11 is 5.64. The van der Waals surface area contributed by atoms with Crippen LogP contribution in [-0.4, -0.2) is 24.0 Å². The van der Waals surface area contributed by atoms with Gasteiger partial charge in [-0.2, -0.15) is 0 Å². The maximum Gasteiger partial charge on any atom is 0.168 e. The summed E-state index contributed by atoms with van der Waals surface area (Å²) in [6.07, 6.45) is 7.45. The number of nitrogens with zero attached hydrogens (tertiary/aromatic N) is 1. The Balaban J connectivity index is 2.27. The van der Waals surface area contributed by atoms with Crippen molar-refractivity contribution in [1.29, 1.82) is 0 Å². The van der Waals surface area contributed by atoms with Crippen molar-refractivity contribution in [3.8, 4) is 5.75 Å². The number of pyridine rings is 1. The van der Waals surface area contributed by atoms with Crippen LogP contribution in [0.1, 0.15) is 39.0 Å². The van der Waals surface area contributed by atoms with Crippen LogP contribution >= 0.6 is 11.6 Å². The summed E-state index contributed by atoms with van der Waals surface area (Å²) in [5, 5.41) is 3.33. The van der Waals surface area contributed by atoms with Crippen LogP contribution in [0.2, 0.25) is 0 Å². The van der Waals surface area contributed by atoms with Crippen LogP contribution in [0.25, 0.3) is 0 Å². The van der Waals surface area contributed by atoms with Crippen LogP contribution in [-0.2, 0) is 0 Å². The maximum atomic E-state index is 5.64. The number of hydrogen-bond donors (Lipinski definition) is 1. The van der Waals surface area contributed by atoms with E-state index in [9.17, 15) is 0 Å². The van der Waals surface area contributed by atoms with Crippen LogP contribution in [0, 0.1) is 0 Å². The second kappa shape index (κ2) is 10.0. The molecule has 1 rings (SSSR count). The van der Waals surface area contributed by atoms with Crippen LogP contribution in [0.3, 0.4) is 0 Å². The Hall–Kier alpha value is -0.960. The number of unbranched alkanes of at least 4 members (excludes halogenated alkanes) is 3. The molecule has 0 atom stereocenters. The molecule has 1 aromatic rings. The number of rotatable bonds is 10. The first-order chi connectivity index (χ1) is 8.88. The lowest BCUT2D eigenvalue weighted by molar-refractivity contribution is 0.318. The molecule has 0 aliphatic rings. The molecule has 0 aromatic carbocycles. The van der Waals surface area contributed by atoms with Crippen molar-refractivity contribution in [2.75, 3.05) is 24.3 Å². The van der Waals surface area contributed by atoms with Crippen molar-refractivity contribution in [2.45, 2.75) is 39.0 Å². The van der Waals surface area contributed by atoms with E-state index in [2.05, 4.69) is 17.2 Å². The number of hydrogen-bond acceptors (Lipinski definition) is 3. The number of ether oxygens (including phenoxy) is 1. The van der Waals surface area contributed by atoms with Gasteiger partial charge in [0.2, 0.25) is 0 Å². The average Bonchev–Trinajstić information content (AvgIpc) is 2.41. The number of alkyl halides is 1. The van der Waals surface area contributed by atoms with Gasteiger partial charge in [-0.25, -0.2) is 4.98 Å². The van der Waals surface area contributed by atoms with Gasteiger partial charge in [0, 0.05) is 18.6 Å². The van der Waals surface area contributed by atoms with E-state index in [1.807, 2.05) is 12.1 Å². The van der Waals surface area contributed by atoms with Crippen LogP contribution in [0.4, 0.5) is 5.82 Å². The highest BCUT2D eigenvalue weighted by molar-refractivity contribution is 6.17. The third-order valence-electron chi connectivity index (χ3n) is 2.59. The third-order valence-corrected chi connectivity index (χ3v) is 2.85. The molecule has 0 fully saturated rings. The summed E-state index contributed by atoms with van der Waals surface area (Å²) in [5.41, 5.74) is 0. The molecular weight excluding hydrogens is 248 g/mol. The Morgan fingerprint density at radius 2 is 2.11 bits per heavy atom. The minimum atomic E-state index is 0.732. The minimum absolute atomic E-state index is 0.732. The van der Waals surface area contributed by atoms with Gasteiger partial charge in [-0.15, -0.1) is 11.6 Å². The topological polar surface area (TPSA) is 34.1 Å². The minimum Gasteiger partial charge on any atom is -0.490 e. The Labute approximate surface area is 115 Å². The maximum absolute atomic E-state index is 5.64. The first-order valence-corrected chi connectivity index (χ1v) is 7.29. The summed E-state index contributed by atoms with van der Waals surface area (Å²) in [5.74, 6) is 2.46. The molecule has 18 heavy (non-hydrogen) atoms. The second-order valence-corrected chi connectivity index (χ2v) is 4.61. The lowest BCUT2D eigenvalue weighted by Crippen LogP contribution is -2.06. The predicted molar refractivity (Wildman–Crippen MR) is 77.7 cm³/mol. The fourth-order valence-electron chi connectivity index (χ4n) is 1.63. The van der Waals surface area contributed by atoms with Gasteiger partial charge in [0.05, 0.1) is 6.61 Å². The van der Waals surface area contributed by atoms with Gasteiger partial charge >= 0.3 is 0 Å². The lowest BCUT2D eigenvalue weighted by Gasteiger charge is -2.11. The molecule has 3 nitrogen and oxygen atoms in total. The molecule has 0 amide bonds. The molecule has 0 bridgehead atoms. The monoisotopic (exact) mass is 270 g/mol. The number of halogens is 1. The van der Waals surface area contributed by atoms with E-state index >= 15 is 0 Å². The van der Waals surface area contributed by atoms with E-state index in [4.69, 9.17) is 16.3 Å². The summed E-state index contributed by atoms with van der Waals surface area (Å²) in [4.78, 5) is 4.31. The zero-order valence-corrected chi connectivity index (χ0v) is 11.9. The molecule has 102 valence electrons. The summed E-state index contributed by atoms with van der Waals surface area (Å²) in [6, 6.07) is 3.86. The smallest absolute Gasteiger partial charge is 0.168 e. The second-order valence-electron chi connectivity index (χ2n) is 4.23. The third kappa shape index (κ3) is 6.10. The van der Waals surface area contributed by atoms with Crippen molar-refractivity contribution in [2.24, 2.45) is 0 Å². The Kier molecular flexibility index (Phi) is 8.40. The fourth-order valence-corrected chi connectivity index (χ4v) is 1.82. The van der Waals surface area contributed by atoms with Crippen LogP contribution < -0.4 is 10.1 Å². The molecule has 0 saturated heterocycles. The molecule has 0 unspecified atom stereocenters. The first-order valence-electron chi connectivity index (χ1n) is 6.76. The Morgan fingerprint density at radius 3 is 2.89 bits per heavy atom. The van der Waals surface area contributed by atoms with Gasteiger partial charge in [-0.1, -0.05) is 19.8 Å². The van der Waals surface area contributed by atoms with E-state index in [0.29, 0.717) is 0 Å². The number of anilines is 1. The van der Waals surface area contributed by atoms with E-state index in [1.54, 1.807) is 6.20 Å². The molecule has 0 radical (unpaired) electrons. The summed E-state index contributed by atoms with van der Waals surface area (Å²) in [6.45, 7) is 3.76. The quantitative estimate of drug-likeness (QED) is 0.514. The van der Waals surface area contributed by atoms with Gasteiger partial charge < -0.3 is 10.1 Å².